The Kier molecular flexibility index (Phi) is 11.7. The molecule has 4 rings (SSSR count). The van der Waals surface area contributed by atoms with Crippen LogP contribution in [0.3, 0.4) is 0 Å². The Morgan fingerprint density at radius 2 is 1.92 bits per heavy atom. The number of hydrogen-bond acceptors (Lipinski definition) is 3. The first-order chi connectivity index (χ1) is 17.8. The van der Waals surface area contributed by atoms with Crippen molar-refractivity contribution in [1.82, 2.24) is 0 Å². The molecule has 4 aliphatic rings. The molecular formula is C34H55NO2. The average molecular weight is 510 g/mol. The average Bonchev–Trinajstić information content (AvgIpc) is 3.49. The van der Waals surface area contributed by atoms with Crippen molar-refractivity contribution < 1.29 is 9.84 Å². The normalized spacial score (nSPS) is 34.8. The summed E-state index contributed by atoms with van der Waals surface area (Å²) in [6, 6.07) is 0.446. The third-order valence-corrected chi connectivity index (χ3v) is 9.51. The highest BCUT2D eigenvalue weighted by molar-refractivity contribution is 5.77. The number of nitrogens with zero attached hydrogens (tertiary/aromatic N) is 1. The fraction of sp³-hybridized carbons (Fsp3) is 0.735. The van der Waals surface area contributed by atoms with Crippen LogP contribution >= 0.6 is 0 Å². The Balaban J connectivity index is 0.000000319. The van der Waals surface area contributed by atoms with E-state index < -0.39 is 0 Å². The standard InChI is InChI=1S/C26H40O.C8H15NO/c1-5-6-7-10-19(2)23-16-17-24-22(12-9-18-26(23,24)4)15-14-21-11-8-13-25(27)20(21)3;1-3-5-8-9-7(4-2)6-10-8/h7,10,14-15,19,23-25,27H,3,5-6,8-9,11-13,16-18H2,1-2,4H3;7H,3-6H2,1-2H3/b10-7+,21-14-,22-15+;/t19-,23-,24?,25?,26?;/m1./s1. The van der Waals surface area contributed by atoms with Crippen molar-refractivity contribution in [3.63, 3.8) is 0 Å². The maximum absolute atomic E-state index is 10.1. The number of allylic oxidation sites excluding steroid dienone is 5. The molecule has 3 saturated carbocycles. The first kappa shape index (κ1) is 29.9. The molecule has 0 amide bonds. The summed E-state index contributed by atoms with van der Waals surface area (Å²) < 4.78 is 5.35. The van der Waals surface area contributed by atoms with E-state index in [1.165, 1.54) is 50.5 Å². The number of aliphatic hydroxyl groups excluding tert-OH is 1. The van der Waals surface area contributed by atoms with Crippen LogP contribution in [0, 0.1) is 23.2 Å². The number of unbranched alkanes of at least 4 members (excludes halogenated alkanes) is 1. The highest BCUT2D eigenvalue weighted by atomic mass is 16.5. The van der Waals surface area contributed by atoms with Crippen molar-refractivity contribution in [2.24, 2.45) is 28.2 Å². The first-order valence-electron chi connectivity index (χ1n) is 15.5. The summed E-state index contributed by atoms with van der Waals surface area (Å²) in [5.74, 6) is 3.22. The minimum Gasteiger partial charge on any atom is -0.479 e. The van der Waals surface area contributed by atoms with Crippen LogP contribution in [0.15, 0.2) is 52.6 Å². The largest absolute Gasteiger partial charge is 0.479 e. The molecule has 1 N–H and O–H groups in total. The molecule has 3 heteroatoms. The molecular weight excluding hydrogens is 454 g/mol. The van der Waals surface area contributed by atoms with E-state index in [0.29, 0.717) is 17.4 Å². The van der Waals surface area contributed by atoms with Crippen molar-refractivity contribution >= 4 is 5.90 Å². The maximum Gasteiger partial charge on any atom is 0.183 e. The van der Waals surface area contributed by atoms with Gasteiger partial charge in [-0.05, 0) is 105 Å². The van der Waals surface area contributed by atoms with Gasteiger partial charge in [-0.2, -0.15) is 0 Å². The quantitative estimate of drug-likeness (QED) is 0.331. The zero-order valence-electron chi connectivity index (χ0n) is 24.6. The molecule has 37 heavy (non-hydrogen) atoms. The number of ether oxygens (including phenoxy) is 1. The molecule has 6 atom stereocenters. The molecule has 3 fully saturated rings. The van der Waals surface area contributed by atoms with Crippen LogP contribution in [-0.4, -0.2) is 29.8 Å². The zero-order chi connectivity index (χ0) is 26.8. The van der Waals surface area contributed by atoms with Crippen LogP contribution in [0.4, 0.5) is 0 Å². The summed E-state index contributed by atoms with van der Waals surface area (Å²) in [7, 11) is 0. The van der Waals surface area contributed by atoms with Crippen molar-refractivity contribution in [3.8, 4) is 0 Å². The van der Waals surface area contributed by atoms with E-state index in [-0.39, 0.29) is 6.10 Å². The predicted octanol–water partition coefficient (Wildman–Crippen LogP) is 9.14. The maximum atomic E-state index is 10.1. The van der Waals surface area contributed by atoms with E-state index in [1.54, 1.807) is 5.57 Å². The number of rotatable bonds is 8. The lowest BCUT2D eigenvalue weighted by Crippen LogP contribution is -2.35. The van der Waals surface area contributed by atoms with Gasteiger partial charge in [-0.25, -0.2) is 4.99 Å². The zero-order valence-corrected chi connectivity index (χ0v) is 24.6. The van der Waals surface area contributed by atoms with Gasteiger partial charge in [0.25, 0.3) is 0 Å². The monoisotopic (exact) mass is 509 g/mol. The van der Waals surface area contributed by atoms with Crippen molar-refractivity contribution in [1.29, 1.82) is 0 Å². The van der Waals surface area contributed by atoms with Gasteiger partial charge in [-0.1, -0.05) is 77.5 Å². The van der Waals surface area contributed by atoms with Crippen LogP contribution in [0.5, 0.6) is 0 Å². The van der Waals surface area contributed by atoms with Crippen LogP contribution < -0.4 is 0 Å². The fourth-order valence-electron chi connectivity index (χ4n) is 7.22. The highest BCUT2D eigenvalue weighted by Gasteiger charge is 2.50. The number of hydrogen-bond donors (Lipinski definition) is 1. The Hall–Kier alpha value is -1.61. The van der Waals surface area contributed by atoms with E-state index in [2.05, 4.69) is 70.5 Å². The number of aliphatic hydroxyl groups is 1. The molecule has 0 aromatic heterocycles. The van der Waals surface area contributed by atoms with E-state index in [1.807, 2.05) is 0 Å². The van der Waals surface area contributed by atoms with E-state index in [0.717, 1.165) is 68.4 Å². The number of aliphatic imine (C=N–C) groups is 1. The van der Waals surface area contributed by atoms with Gasteiger partial charge in [0.15, 0.2) is 5.90 Å². The summed E-state index contributed by atoms with van der Waals surface area (Å²) in [5.41, 5.74) is 4.35. The highest BCUT2D eigenvalue weighted by Crippen LogP contribution is 2.59. The Morgan fingerprint density at radius 1 is 1.11 bits per heavy atom. The van der Waals surface area contributed by atoms with Crippen LogP contribution in [0.25, 0.3) is 0 Å². The molecule has 1 heterocycles. The second-order valence-corrected chi connectivity index (χ2v) is 12.2. The van der Waals surface area contributed by atoms with Crippen molar-refractivity contribution in [3.05, 3.63) is 47.6 Å². The predicted molar refractivity (Wildman–Crippen MR) is 159 cm³/mol. The van der Waals surface area contributed by atoms with Crippen molar-refractivity contribution in [2.45, 2.75) is 130 Å². The molecule has 208 valence electrons. The molecule has 4 unspecified atom stereocenters. The van der Waals surface area contributed by atoms with Crippen LogP contribution in [-0.2, 0) is 4.74 Å². The molecule has 3 aliphatic carbocycles. The third-order valence-electron chi connectivity index (χ3n) is 9.51. The molecule has 0 radical (unpaired) electrons. The number of fused-ring (bicyclic) bond motifs is 1. The Morgan fingerprint density at radius 3 is 2.62 bits per heavy atom. The molecule has 1 aliphatic heterocycles. The van der Waals surface area contributed by atoms with Crippen molar-refractivity contribution in [2.75, 3.05) is 6.61 Å². The lowest BCUT2D eigenvalue weighted by Gasteiger charge is -2.44. The van der Waals surface area contributed by atoms with Gasteiger partial charge in [0.1, 0.15) is 6.61 Å². The molecule has 3 nitrogen and oxygen atoms in total. The van der Waals surface area contributed by atoms with Gasteiger partial charge < -0.3 is 9.84 Å². The lowest BCUT2D eigenvalue weighted by atomic mass is 9.61. The van der Waals surface area contributed by atoms with Gasteiger partial charge >= 0.3 is 0 Å². The molecule has 0 spiro atoms. The third kappa shape index (κ3) is 7.71. The van der Waals surface area contributed by atoms with Gasteiger partial charge in [-0.15, -0.1) is 0 Å². The van der Waals surface area contributed by atoms with Gasteiger partial charge in [0.05, 0.1) is 12.1 Å². The second kappa shape index (κ2) is 14.5. The van der Waals surface area contributed by atoms with Gasteiger partial charge in [0, 0.05) is 6.42 Å². The van der Waals surface area contributed by atoms with Crippen LogP contribution in [0.1, 0.15) is 118 Å². The van der Waals surface area contributed by atoms with Gasteiger partial charge in [0.2, 0.25) is 0 Å². The SMILES string of the molecule is C=C1/C(=C\C=C2/CCCC3(C)C2CC[C@@H]3[C@H](C)/C=C/CCC)CCCC1O.CCCC1=NC(CC)CO1. The Labute approximate surface area is 228 Å². The smallest absolute Gasteiger partial charge is 0.183 e. The molecule has 0 aromatic rings. The Bertz CT molecular complexity index is 865. The molecule has 0 bridgehead atoms. The summed E-state index contributed by atoms with van der Waals surface area (Å²) in [4.78, 5) is 4.39. The summed E-state index contributed by atoms with van der Waals surface area (Å²) in [6.07, 6.45) is 24.7. The first-order valence-corrected chi connectivity index (χ1v) is 15.5. The minimum atomic E-state index is -0.327. The van der Waals surface area contributed by atoms with E-state index in [4.69, 9.17) is 4.74 Å². The second-order valence-electron chi connectivity index (χ2n) is 12.2. The summed E-state index contributed by atoms with van der Waals surface area (Å²) in [5, 5.41) is 10.1. The fourth-order valence-corrected chi connectivity index (χ4v) is 7.22. The van der Waals surface area contributed by atoms with E-state index in [9.17, 15) is 5.11 Å². The van der Waals surface area contributed by atoms with Crippen LogP contribution in [0.2, 0.25) is 0 Å². The minimum absolute atomic E-state index is 0.327. The van der Waals surface area contributed by atoms with Gasteiger partial charge in [-0.3, -0.25) is 0 Å². The lowest BCUT2D eigenvalue weighted by molar-refractivity contribution is 0.112. The van der Waals surface area contributed by atoms with E-state index >= 15 is 0 Å². The summed E-state index contributed by atoms with van der Waals surface area (Å²) >= 11 is 0. The topological polar surface area (TPSA) is 41.8 Å². The molecule has 0 aromatic carbocycles. The summed E-state index contributed by atoms with van der Waals surface area (Å²) in [6.45, 7) is 16.5. The molecule has 0 saturated heterocycles.